The minimum Gasteiger partial charge on any atom is -0.478 e. The van der Waals surface area contributed by atoms with Gasteiger partial charge in [-0.05, 0) is 24.3 Å². The summed E-state index contributed by atoms with van der Waals surface area (Å²) in [5.74, 6) is 1.53. The number of nitrogens with zero attached hydrogens (tertiary/aromatic N) is 4. The predicted molar refractivity (Wildman–Crippen MR) is 69.1 cm³/mol. The number of fused-ring (bicyclic) bond motifs is 2. The Labute approximate surface area is 109 Å². The molecule has 1 aliphatic rings. The van der Waals surface area contributed by atoms with Crippen molar-refractivity contribution in [2.24, 2.45) is 0 Å². The zero-order chi connectivity index (χ0) is 12.7. The molecule has 0 spiro atoms. The van der Waals surface area contributed by atoms with Gasteiger partial charge in [-0.1, -0.05) is 12.1 Å². The van der Waals surface area contributed by atoms with Crippen LogP contribution in [0.4, 0.5) is 5.69 Å². The normalized spacial score (nSPS) is 17.6. The minimum absolute atomic E-state index is 0.195. The van der Waals surface area contributed by atoms with Gasteiger partial charge in [0, 0.05) is 6.20 Å². The molecule has 0 bridgehead atoms. The monoisotopic (exact) mass is 253 g/mol. The fraction of sp³-hybridized carbons (Fsp3) is 0.154. The average molecular weight is 253 g/mol. The number of hydrogen-bond donors (Lipinski definition) is 1. The maximum absolute atomic E-state index is 5.96. The van der Waals surface area contributed by atoms with Crippen LogP contribution in [0.1, 0.15) is 11.9 Å². The highest BCUT2D eigenvalue weighted by atomic mass is 16.5. The molecule has 3 aromatic rings. The topological polar surface area (TPSA) is 64.3 Å². The summed E-state index contributed by atoms with van der Waals surface area (Å²) in [7, 11) is 0. The Hall–Kier alpha value is -2.63. The second-order valence-corrected chi connectivity index (χ2v) is 4.34. The second-order valence-electron chi connectivity index (χ2n) is 4.34. The van der Waals surface area contributed by atoms with E-state index >= 15 is 0 Å². The molecule has 1 aromatic carbocycles. The van der Waals surface area contributed by atoms with Crippen LogP contribution < -0.4 is 10.1 Å². The van der Waals surface area contributed by atoms with Crippen LogP contribution in [0.15, 0.2) is 42.6 Å². The fourth-order valence-electron chi connectivity index (χ4n) is 2.22. The molecule has 0 aliphatic carbocycles. The van der Waals surface area contributed by atoms with Crippen molar-refractivity contribution in [3.63, 3.8) is 0 Å². The number of benzene rings is 1. The van der Waals surface area contributed by atoms with Crippen LogP contribution >= 0.6 is 0 Å². The summed E-state index contributed by atoms with van der Waals surface area (Å²) in [5.41, 5.74) is 1.72. The standard InChI is InChI=1S/C13H11N5O/c1-2-5-10-9(4-1)14-8-11(19-10)13-17-16-12-6-3-7-15-18(12)13/h1-7,11,14H,8H2. The molecular formula is C13H11N5O. The SMILES string of the molecule is c1ccc2c(c1)NCC(c1nnc3cccnn13)O2. The van der Waals surface area contributed by atoms with E-state index in [1.165, 1.54) is 0 Å². The van der Waals surface area contributed by atoms with Crippen LogP contribution in [0.5, 0.6) is 5.75 Å². The van der Waals surface area contributed by atoms with E-state index in [0.29, 0.717) is 12.4 Å². The highest BCUT2D eigenvalue weighted by Gasteiger charge is 2.25. The Morgan fingerprint density at radius 2 is 2.11 bits per heavy atom. The van der Waals surface area contributed by atoms with E-state index in [1.807, 2.05) is 36.4 Å². The third-order valence-corrected chi connectivity index (χ3v) is 3.12. The number of ether oxygens (including phenoxy) is 1. The molecule has 1 N–H and O–H groups in total. The van der Waals surface area contributed by atoms with Gasteiger partial charge in [-0.15, -0.1) is 10.2 Å². The molecule has 0 saturated carbocycles. The van der Waals surface area contributed by atoms with Gasteiger partial charge < -0.3 is 10.1 Å². The van der Waals surface area contributed by atoms with E-state index in [2.05, 4.69) is 20.6 Å². The summed E-state index contributed by atoms with van der Waals surface area (Å²) in [4.78, 5) is 0. The largest absolute Gasteiger partial charge is 0.478 e. The minimum atomic E-state index is -0.195. The second kappa shape index (κ2) is 3.94. The Kier molecular flexibility index (Phi) is 2.14. The number of nitrogens with one attached hydrogen (secondary N) is 1. The Morgan fingerprint density at radius 1 is 1.16 bits per heavy atom. The fourth-order valence-corrected chi connectivity index (χ4v) is 2.22. The number of hydrogen-bond acceptors (Lipinski definition) is 5. The van der Waals surface area contributed by atoms with Crippen molar-refractivity contribution >= 4 is 11.3 Å². The highest BCUT2D eigenvalue weighted by molar-refractivity contribution is 5.58. The smallest absolute Gasteiger partial charge is 0.197 e. The zero-order valence-corrected chi connectivity index (χ0v) is 10.0. The van der Waals surface area contributed by atoms with Crippen molar-refractivity contribution in [1.29, 1.82) is 0 Å². The van der Waals surface area contributed by atoms with Crippen LogP contribution in [0.25, 0.3) is 5.65 Å². The van der Waals surface area contributed by atoms with Gasteiger partial charge in [0.05, 0.1) is 12.2 Å². The molecule has 0 fully saturated rings. The zero-order valence-electron chi connectivity index (χ0n) is 10.0. The van der Waals surface area contributed by atoms with Crippen LogP contribution in [0.2, 0.25) is 0 Å². The molecule has 0 saturated heterocycles. The van der Waals surface area contributed by atoms with Gasteiger partial charge in [0.1, 0.15) is 5.75 Å². The predicted octanol–water partition coefficient (Wildman–Crippen LogP) is 1.67. The molecule has 3 heterocycles. The van der Waals surface area contributed by atoms with Crippen LogP contribution in [-0.2, 0) is 0 Å². The first-order valence-electron chi connectivity index (χ1n) is 6.08. The Balaban J connectivity index is 1.75. The molecular weight excluding hydrogens is 242 g/mol. The highest BCUT2D eigenvalue weighted by Crippen LogP contribution is 2.32. The van der Waals surface area contributed by atoms with E-state index < -0.39 is 0 Å². The van der Waals surface area contributed by atoms with Gasteiger partial charge in [-0.2, -0.15) is 9.61 Å². The molecule has 94 valence electrons. The first-order valence-corrected chi connectivity index (χ1v) is 6.08. The number of para-hydroxylation sites is 2. The van der Waals surface area contributed by atoms with Crippen LogP contribution in [0.3, 0.4) is 0 Å². The summed E-state index contributed by atoms with van der Waals surface area (Å²) < 4.78 is 7.67. The summed E-state index contributed by atoms with van der Waals surface area (Å²) in [6.07, 6.45) is 1.52. The molecule has 1 unspecified atom stereocenters. The Bertz CT molecular complexity index is 738. The molecule has 6 heteroatoms. The third-order valence-electron chi connectivity index (χ3n) is 3.12. The van der Waals surface area contributed by atoms with Gasteiger partial charge in [0.2, 0.25) is 0 Å². The van der Waals surface area contributed by atoms with E-state index in [4.69, 9.17) is 4.74 Å². The third kappa shape index (κ3) is 1.61. The average Bonchev–Trinajstić information content (AvgIpc) is 2.91. The summed E-state index contributed by atoms with van der Waals surface area (Å²) in [6.45, 7) is 0.647. The number of aromatic nitrogens is 4. The maximum Gasteiger partial charge on any atom is 0.197 e. The van der Waals surface area contributed by atoms with Gasteiger partial charge in [-0.25, -0.2) is 0 Å². The van der Waals surface area contributed by atoms with E-state index in [-0.39, 0.29) is 6.10 Å². The molecule has 2 aromatic heterocycles. The van der Waals surface area contributed by atoms with Gasteiger partial charge in [0.15, 0.2) is 17.6 Å². The number of rotatable bonds is 1. The lowest BCUT2D eigenvalue weighted by atomic mass is 10.2. The summed E-state index contributed by atoms with van der Waals surface area (Å²) in [6, 6.07) is 11.6. The maximum atomic E-state index is 5.96. The molecule has 6 nitrogen and oxygen atoms in total. The molecule has 1 aliphatic heterocycles. The lowest BCUT2D eigenvalue weighted by Crippen LogP contribution is -2.25. The summed E-state index contributed by atoms with van der Waals surface area (Å²) in [5, 5.41) is 15.9. The lowest BCUT2D eigenvalue weighted by Gasteiger charge is -2.25. The summed E-state index contributed by atoms with van der Waals surface area (Å²) >= 11 is 0. The first kappa shape index (κ1) is 10.3. The van der Waals surface area contributed by atoms with Crippen molar-refractivity contribution in [2.45, 2.75) is 6.10 Å². The molecule has 19 heavy (non-hydrogen) atoms. The quantitative estimate of drug-likeness (QED) is 0.714. The lowest BCUT2D eigenvalue weighted by molar-refractivity contribution is 0.197. The van der Waals surface area contributed by atoms with Crippen molar-refractivity contribution in [3.8, 4) is 5.75 Å². The van der Waals surface area contributed by atoms with Gasteiger partial charge in [-0.3, -0.25) is 0 Å². The molecule has 4 rings (SSSR count). The Morgan fingerprint density at radius 3 is 3.11 bits per heavy atom. The van der Waals surface area contributed by atoms with Crippen LogP contribution in [-0.4, -0.2) is 26.4 Å². The van der Waals surface area contributed by atoms with E-state index in [9.17, 15) is 0 Å². The van der Waals surface area contributed by atoms with Crippen molar-refractivity contribution in [2.75, 3.05) is 11.9 Å². The van der Waals surface area contributed by atoms with Crippen molar-refractivity contribution < 1.29 is 4.74 Å². The molecule has 1 atom stereocenters. The van der Waals surface area contributed by atoms with Crippen molar-refractivity contribution in [3.05, 3.63) is 48.4 Å². The number of anilines is 1. The van der Waals surface area contributed by atoms with Gasteiger partial charge in [0.25, 0.3) is 0 Å². The molecule has 0 amide bonds. The van der Waals surface area contributed by atoms with E-state index in [0.717, 1.165) is 17.1 Å². The molecule has 0 radical (unpaired) electrons. The van der Waals surface area contributed by atoms with E-state index in [1.54, 1.807) is 10.7 Å². The van der Waals surface area contributed by atoms with Crippen LogP contribution in [0, 0.1) is 0 Å². The first-order chi connectivity index (χ1) is 9.42. The van der Waals surface area contributed by atoms with Crippen molar-refractivity contribution in [1.82, 2.24) is 19.8 Å². The van der Waals surface area contributed by atoms with Gasteiger partial charge >= 0.3 is 0 Å².